The second-order valence-corrected chi connectivity index (χ2v) is 12.9. The number of hydrogen-bond donors (Lipinski definition) is 1. The number of carbonyl (C=O) groups excluding carboxylic acids is 3. The number of halogens is 1. The van der Waals surface area contributed by atoms with Gasteiger partial charge in [0.05, 0.1) is 11.9 Å². The maximum Gasteiger partial charge on any atom is 0.306 e. The van der Waals surface area contributed by atoms with Crippen molar-refractivity contribution in [1.82, 2.24) is 0 Å². The van der Waals surface area contributed by atoms with Crippen molar-refractivity contribution in [3.63, 3.8) is 0 Å². The lowest BCUT2D eigenvalue weighted by Gasteiger charge is -2.62. The number of Topliss-reactive ketones (excluding diaryl/α,β-unsaturated/α-hetero) is 1. The van der Waals surface area contributed by atoms with Gasteiger partial charge in [-0.25, -0.2) is 4.39 Å². The molecule has 0 aromatic rings. The molecule has 200 valence electrons. The minimum atomic E-state index is -1.97. The van der Waals surface area contributed by atoms with Crippen molar-refractivity contribution < 1.29 is 28.6 Å². The first-order valence-corrected chi connectivity index (χ1v) is 14.7. The lowest BCUT2D eigenvalue weighted by atomic mass is 9.44. The van der Waals surface area contributed by atoms with Crippen LogP contribution in [0.5, 0.6) is 0 Å². The standard InChI is InChI=1S/C29H41FO5S/c1-6-8-13-36-17-24(33)29(35-25(34)7-2)18(3)14-22-21-10-9-19-15-20(31)11-12-26(19,4)28(21,30)23(32)16-27(22,29)5/h11-12,15,18,21-23,32H,6-10,13-14,16-17H2,1-5H3/t18-,21-,22-,23-,26-,27-,28-,29-/m0/s1. The Balaban J connectivity index is 1.77. The summed E-state index contributed by atoms with van der Waals surface area (Å²) in [5.74, 6) is -0.650. The Morgan fingerprint density at radius 2 is 1.97 bits per heavy atom. The van der Waals surface area contributed by atoms with Crippen LogP contribution in [0.3, 0.4) is 0 Å². The summed E-state index contributed by atoms with van der Waals surface area (Å²) >= 11 is 1.56. The largest absolute Gasteiger partial charge is 0.450 e. The van der Waals surface area contributed by atoms with Crippen LogP contribution in [0, 0.1) is 28.6 Å². The first-order valence-electron chi connectivity index (χ1n) is 13.6. The summed E-state index contributed by atoms with van der Waals surface area (Å²) in [5.41, 5.74) is -4.59. The second kappa shape index (κ2) is 9.68. The Hall–Kier alpha value is -1.47. The number of rotatable bonds is 8. The normalized spacial score (nSPS) is 43.3. The molecule has 4 rings (SSSR count). The summed E-state index contributed by atoms with van der Waals surface area (Å²) in [4.78, 5) is 38.8. The van der Waals surface area contributed by atoms with E-state index in [-0.39, 0.29) is 42.0 Å². The van der Waals surface area contributed by atoms with Gasteiger partial charge in [0.15, 0.2) is 22.8 Å². The molecule has 0 amide bonds. The minimum absolute atomic E-state index is 0.0298. The smallest absolute Gasteiger partial charge is 0.306 e. The molecule has 0 aromatic heterocycles. The Morgan fingerprint density at radius 3 is 2.64 bits per heavy atom. The van der Waals surface area contributed by atoms with Crippen LogP contribution in [0.15, 0.2) is 23.8 Å². The van der Waals surface area contributed by atoms with Crippen LogP contribution in [-0.2, 0) is 19.1 Å². The zero-order valence-electron chi connectivity index (χ0n) is 22.3. The number of esters is 1. The third-order valence-electron chi connectivity index (χ3n) is 10.0. The maximum atomic E-state index is 17.4. The molecular weight excluding hydrogens is 479 g/mol. The molecule has 1 N–H and O–H groups in total. The van der Waals surface area contributed by atoms with Crippen LogP contribution < -0.4 is 0 Å². The van der Waals surface area contributed by atoms with Crippen molar-refractivity contribution in [2.24, 2.45) is 28.6 Å². The average molecular weight is 521 g/mol. The number of fused-ring (bicyclic) bond motifs is 5. The maximum absolute atomic E-state index is 17.4. The quantitative estimate of drug-likeness (QED) is 0.341. The summed E-state index contributed by atoms with van der Waals surface area (Å²) in [6.45, 7) is 9.49. The number of aliphatic hydroxyl groups is 1. The van der Waals surface area contributed by atoms with Crippen LogP contribution in [0.25, 0.3) is 0 Å². The summed E-state index contributed by atoms with van der Waals surface area (Å²) < 4.78 is 23.6. The van der Waals surface area contributed by atoms with Gasteiger partial charge < -0.3 is 9.84 Å². The molecule has 0 aromatic carbocycles. The highest BCUT2D eigenvalue weighted by atomic mass is 32.2. The Bertz CT molecular complexity index is 992. The molecular formula is C29H41FO5S. The van der Waals surface area contributed by atoms with Gasteiger partial charge in [0, 0.05) is 29.1 Å². The zero-order valence-corrected chi connectivity index (χ0v) is 23.1. The molecule has 4 aliphatic carbocycles. The number of carbonyl (C=O) groups is 3. The lowest BCUT2D eigenvalue weighted by molar-refractivity contribution is -0.226. The van der Waals surface area contributed by atoms with Gasteiger partial charge in [0.25, 0.3) is 0 Å². The summed E-state index contributed by atoms with van der Waals surface area (Å²) in [5, 5.41) is 11.6. The highest BCUT2D eigenvalue weighted by Gasteiger charge is 2.77. The van der Waals surface area contributed by atoms with E-state index in [4.69, 9.17) is 4.74 Å². The fourth-order valence-corrected chi connectivity index (χ4v) is 9.21. The number of ether oxygens (including phenoxy) is 1. The van der Waals surface area contributed by atoms with Gasteiger partial charge in [-0.05, 0) is 62.9 Å². The molecule has 0 saturated heterocycles. The molecule has 36 heavy (non-hydrogen) atoms. The summed E-state index contributed by atoms with van der Waals surface area (Å²) in [6, 6.07) is 0. The number of thioether (sulfide) groups is 1. The van der Waals surface area contributed by atoms with E-state index in [0.29, 0.717) is 19.3 Å². The van der Waals surface area contributed by atoms with Gasteiger partial charge in [0.1, 0.15) is 0 Å². The molecule has 0 aliphatic heterocycles. The monoisotopic (exact) mass is 520 g/mol. The Morgan fingerprint density at radius 1 is 1.25 bits per heavy atom. The first-order chi connectivity index (χ1) is 16.9. The molecule has 0 unspecified atom stereocenters. The molecule has 8 atom stereocenters. The Labute approximate surface area is 218 Å². The molecule has 0 heterocycles. The van der Waals surface area contributed by atoms with E-state index in [0.717, 1.165) is 24.2 Å². The summed E-state index contributed by atoms with van der Waals surface area (Å²) in [7, 11) is 0. The third-order valence-corrected chi connectivity index (χ3v) is 11.1. The fourth-order valence-electron chi connectivity index (χ4n) is 8.17. The number of allylic oxidation sites excluding steroid dienone is 4. The van der Waals surface area contributed by atoms with Crippen LogP contribution in [0.1, 0.15) is 79.6 Å². The molecule has 7 heteroatoms. The number of hydrogen-bond acceptors (Lipinski definition) is 6. The van der Waals surface area contributed by atoms with E-state index >= 15 is 4.39 Å². The molecule has 4 aliphatic rings. The van der Waals surface area contributed by atoms with E-state index in [2.05, 4.69) is 6.92 Å². The molecule has 0 bridgehead atoms. The van der Waals surface area contributed by atoms with Gasteiger partial charge in [-0.2, -0.15) is 11.8 Å². The van der Waals surface area contributed by atoms with Gasteiger partial charge in [-0.15, -0.1) is 0 Å². The highest BCUT2D eigenvalue weighted by molar-refractivity contribution is 7.99. The molecule has 3 fully saturated rings. The minimum Gasteiger partial charge on any atom is -0.450 e. The van der Waals surface area contributed by atoms with Crippen molar-refractivity contribution in [2.45, 2.75) is 96.9 Å². The number of alkyl halides is 1. The van der Waals surface area contributed by atoms with Crippen LogP contribution >= 0.6 is 11.8 Å². The molecule has 0 radical (unpaired) electrons. The summed E-state index contributed by atoms with van der Waals surface area (Å²) in [6.07, 6.45) is 7.05. The van der Waals surface area contributed by atoms with Crippen LogP contribution in [0.2, 0.25) is 0 Å². The molecule has 5 nitrogen and oxygen atoms in total. The average Bonchev–Trinajstić information content (AvgIpc) is 3.05. The van der Waals surface area contributed by atoms with E-state index in [1.165, 1.54) is 12.2 Å². The SMILES string of the molecule is CCCCSCC(=O)[C@@]1(OC(=O)CC)[C@@H](C)C[C@H]2[C@@H]3CCC4=CC(=O)C=C[C@]4(C)[C@@]3(F)[C@@H](O)C[C@@]21C. The molecule has 3 saturated carbocycles. The van der Waals surface area contributed by atoms with Crippen molar-refractivity contribution in [2.75, 3.05) is 11.5 Å². The Kier molecular flexibility index (Phi) is 7.41. The van der Waals surface area contributed by atoms with E-state index in [9.17, 15) is 19.5 Å². The highest BCUT2D eigenvalue weighted by Crippen LogP contribution is 2.71. The van der Waals surface area contributed by atoms with Crippen molar-refractivity contribution in [1.29, 1.82) is 0 Å². The van der Waals surface area contributed by atoms with Gasteiger partial charge >= 0.3 is 5.97 Å². The predicted octanol–water partition coefficient (Wildman–Crippen LogP) is 5.40. The second-order valence-electron chi connectivity index (χ2n) is 11.8. The fraction of sp³-hybridized carbons (Fsp3) is 0.759. The van der Waals surface area contributed by atoms with Crippen molar-refractivity contribution >= 4 is 29.3 Å². The first kappa shape index (κ1) is 27.6. The van der Waals surface area contributed by atoms with Crippen molar-refractivity contribution in [3.05, 3.63) is 23.8 Å². The van der Waals surface area contributed by atoms with Gasteiger partial charge in [-0.1, -0.05) is 45.8 Å². The lowest BCUT2D eigenvalue weighted by Crippen LogP contribution is -2.70. The van der Waals surface area contributed by atoms with Gasteiger partial charge in [0.2, 0.25) is 0 Å². The number of unbranched alkanes of at least 4 members (excludes halogenated alkanes) is 1. The van der Waals surface area contributed by atoms with E-state index in [1.54, 1.807) is 31.7 Å². The number of ketones is 2. The van der Waals surface area contributed by atoms with E-state index in [1.807, 2.05) is 13.8 Å². The van der Waals surface area contributed by atoms with Crippen molar-refractivity contribution in [3.8, 4) is 0 Å². The van der Waals surface area contributed by atoms with Gasteiger partial charge in [-0.3, -0.25) is 14.4 Å². The van der Waals surface area contributed by atoms with E-state index < -0.39 is 40.1 Å². The zero-order chi connectivity index (χ0) is 26.5. The van der Waals surface area contributed by atoms with Crippen LogP contribution in [-0.4, -0.2) is 51.5 Å². The third kappa shape index (κ3) is 3.70. The topological polar surface area (TPSA) is 80.7 Å². The van der Waals surface area contributed by atoms with Crippen LogP contribution in [0.4, 0.5) is 4.39 Å². The number of aliphatic hydroxyl groups excluding tert-OH is 1. The predicted molar refractivity (Wildman–Crippen MR) is 139 cm³/mol. The molecule has 0 spiro atoms.